The van der Waals surface area contributed by atoms with Gasteiger partial charge in [-0.15, -0.1) is 0 Å². The van der Waals surface area contributed by atoms with Gasteiger partial charge < -0.3 is 14.3 Å². The predicted octanol–water partition coefficient (Wildman–Crippen LogP) is 6.85. The first kappa shape index (κ1) is 23.1. The van der Waals surface area contributed by atoms with Gasteiger partial charge in [-0.25, -0.2) is 0 Å². The molecule has 0 aromatic heterocycles. The van der Waals surface area contributed by atoms with Crippen LogP contribution in [0.4, 0.5) is 0 Å². The third kappa shape index (κ3) is 10.3. The van der Waals surface area contributed by atoms with Crippen LogP contribution in [0.15, 0.2) is 27.3 Å². The molecule has 0 aliphatic rings. The van der Waals surface area contributed by atoms with Crippen LogP contribution < -0.4 is 9.47 Å². The molecule has 0 saturated heterocycles. The number of halogens is 3. The molecular weight excluding hydrogens is 441 g/mol. The fraction of sp³-hybridized carbons (Fsp3) is 0.526. The fourth-order valence-corrected chi connectivity index (χ4v) is 2.64. The number of hydrogen-bond donors (Lipinski definition) is 0. The third-order valence-corrected chi connectivity index (χ3v) is 4.07. The van der Waals surface area contributed by atoms with Gasteiger partial charge >= 0.3 is 0 Å². The monoisotopic (exact) mass is 465 g/mol. The summed E-state index contributed by atoms with van der Waals surface area (Å²) in [6, 6.07) is 3.66. The quantitative estimate of drug-likeness (QED) is 0.192. The van der Waals surface area contributed by atoms with E-state index in [1.807, 2.05) is 26.8 Å². The van der Waals surface area contributed by atoms with Crippen molar-refractivity contribution >= 4 is 44.8 Å². The molecule has 7 heteroatoms. The number of rotatable bonds is 12. The lowest BCUT2D eigenvalue weighted by Crippen LogP contribution is -2.01. The van der Waals surface area contributed by atoms with Crippen molar-refractivity contribution in [1.82, 2.24) is 0 Å². The number of aryl methyl sites for hydroxylation is 1. The molecule has 0 aliphatic carbocycles. The molecular formula is C19H26BrCl2NO3. The van der Waals surface area contributed by atoms with Crippen LogP contribution in [0.3, 0.4) is 0 Å². The van der Waals surface area contributed by atoms with Gasteiger partial charge in [-0.3, -0.25) is 0 Å². The van der Waals surface area contributed by atoms with E-state index in [1.165, 1.54) is 0 Å². The molecule has 0 amide bonds. The highest BCUT2D eigenvalue weighted by atomic mass is 79.9. The largest absolute Gasteiger partial charge is 0.492 e. The number of unbranched alkanes of at least 4 members (excludes halogenated alkanes) is 3. The summed E-state index contributed by atoms with van der Waals surface area (Å²) < 4.78 is 11.9. The molecule has 1 rings (SSSR count). The van der Waals surface area contributed by atoms with E-state index < -0.39 is 0 Å². The number of benzene rings is 1. The van der Waals surface area contributed by atoms with Crippen LogP contribution in [0.5, 0.6) is 11.5 Å². The maximum atomic E-state index is 6.31. The van der Waals surface area contributed by atoms with Crippen molar-refractivity contribution in [2.75, 3.05) is 19.8 Å². The van der Waals surface area contributed by atoms with E-state index in [0.29, 0.717) is 40.3 Å². The standard InChI is InChI=1S/C19H26BrCl2NO3/c1-14(2)23-26-10-7-5-4-6-9-25-19-15(3)12-16(13-17(19)21)24-11-8-18(20)22/h8,12-13H,4-7,9-11H2,1-3H3/b18-8-. The fourth-order valence-electron chi connectivity index (χ4n) is 2.14. The third-order valence-electron chi connectivity index (χ3n) is 3.31. The molecule has 1 aromatic rings. The lowest BCUT2D eigenvalue weighted by Gasteiger charge is -2.13. The SMILES string of the molecule is CC(C)=NOCCCCCCOc1c(C)cc(OC/C=C(\Cl)Br)cc1Cl. The van der Waals surface area contributed by atoms with E-state index >= 15 is 0 Å². The van der Waals surface area contributed by atoms with Gasteiger partial charge in [0.25, 0.3) is 0 Å². The molecule has 146 valence electrons. The molecule has 1 aromatic carbocycles. The minimum absolute atomic E-state index is 0.368. The van der Waals surface area contributed by atoms with E-state index in [0.717, 1.165) is 37.0 Å². The molecule has 0 aliphatic heterocycles. The summed E-state index contributed by atoms with van der Waals surface area (Å²) in [6.07, 6.45) is 5.85. The molecule has 4 nitrogen and oxygen atoms in total. The molecule has 0 heterocycles. The van der Waals surface area contributed by atoms with Gasteiger partial charge in [0.2, 0.25) is 0 Å². The van der Waals surface area contributed by atoms with Crippen LogP contribution in [0.25, 0.3) is 0 Å². The normalized spacial score (nSPS) is 11.2. The topological polar surface area (TPSA) is 40.0 Å². The average Bonchev–Trinajstić information content (AvgIpc) is 2.54. The van der Waals surface area contributed by atoms with Crippen molar-refractivity contribution in [1.29, 1.82) is 0 Å². The van der Waals surface area contributed by atoms with Gasteiger partial charge in [0.1, 0.15) is 24.7 Å². The Bertz CT molecular complexity index is 590. The van der Waals surface area contributed by atoms with E-state index in [2.05, 4.69) is 21.1 Å². The van der Waals surface area contributed by atoms with E-state index in [9.17, 15) is 0 Å². The minimum atomic E-state index is 0.368. The highest BCUT2D eigenvalue weighted by Crippen LogP contribution is 2.33. The Labute approximate surface area is 174 Å². The highest BCUT2D eigenvalue weighted by molar-refractivity contribution is 9.12. The Morgan fingerprint density at radius 2 is 1.81 bits per heavy atom. The molecule has 0 fully saturated rings. The highest BCUT2D eigenvalue weighted by Gasteiger charge is 2.09. The summed E-state index contributed by atoms with van der Waals surface area (Å²) >= 11 is 15.2. The zero-order valence-corrected chi connectivity index (χ0v) is 18.6. The second kappa shape index (κ2) is 13.3. The van der Waals surface area contributed by atoms with Crippen LogP contribution in [-0.2, 0) is 4.84 Å². The average molecular weight is 467 g/mol. The lowest BCUT2D eigenvalue weighted by molar-refractivity contribution is 0.139. The van der Waals surface area contributed by atoms with Crippen molar-refractivity contribution in [3.05, 3.63) is 32.7 Å². The molecule has 0 unspecified atom stereocenters. The van der Waals surface area contributed by atoms with E-state index in [-0.39, 0.29) is 0 Å². The van der Waals surface area contributed by atoms with E-state index in [1.54, 1.807) is 12.1 Å². The first-order chi connectivity index (χ1) is 12.4. The van der Waals surface area contributed by atoms with Gasteiger partial charge in [0.15, 0.2) is 0 Å². The Hall–Kier alpha value is -0.910. The molecule has 0 bridgehead atoms. The van der Waals surface area contributed by atoms with Gasteiger partial charge in [0.05, 0.1) is 21.3 Å². The predicted molar refractivity (Wildman–Crippen MR) is 113 cm³/mol. The maximum absolute atomic E-state index is 6.31. The van der Waals surface area contributed by atoms with Crippen molar-refractivity contribution in [3.8, 4) is 11.5 Å². The number of ether oxygens (including phenoxy) is 2. The van der Waals surface area contributed by atoms with Crippen LogP contribution >= 0.6 is 39.1 Å². The van der Waals surface area contributed by atoms with Crippen LogP contribution in [0.1, 0.15) is 45.1 Å². The molecule has 26 heavy (non-hydrogen) atoms. The minimum Gasteiger partial charge on any atom is -0.492 e. The van der Waals surface area contributed by atoms with Gasteiger partial charge in [0, 0.05) is 6.07 Å². The number of nitrogens with zero attached hydrogens (tertiary/aromatic N) is 1. The first-order valence-electron chi connectivity index (χ1n) is 8.60. The summed E-state index contributed by atoms with van der Waals surface area (Å²) in [6.45, 7) is 7.45. The van der Waals surface area contributed by atoms with Crippen molar-refractivity contribution in [3.63, 3.8) is 0 Å². The first-order valence-corrected chi connectivity index (χ1v) is 10.1. The maximum Gasteiger partial charge on any atom is 0.141 e. The number of hydrogen-bond acceptors (Lipinski definition) is 4. The van der Waals surface area contributed by atoms with Gasteiger partial charge in [-0.05, 0) is 80.1 Å². The second-order valence-corrected chi connectivity index (χ2v) is 8.12. The van der Waals surface area contributed by atoms with Gasteiger partial charge in [-0.1, -0.05) is 28.4 Å². The molecule has 0 saturated carbocycles. The summed E-state index contributed by atoms with van der Waals surface area (Å²) in [5, 5.41) is 4.46. The van der Waals surface area contributed by atoms with Gasteiger partial charge in [-0.2, -0.15) is 0 Å². The van der Waals surface area contributed by atoms with Crippen molar-refractivity contribution < 1.29 is 14.3 Å². The summed E-state index contributed by atoms with van der Waals surface area (Å²) in [7, 11) is 0. The zero-order valence-electron chi connectivity index (χ0n) is 15.5. The van der Waals surface area contributed by atoms with E-state index in [4.69, 9.17) is 37.5 Å². The Morgan fingerprint density at radius 1 is 1.12 bits per heavy atom. The summed E-state index contributed by atoms with van der Waals surface area (Å²) in [5.41, 5.74) is 1.88. The Kier molecular flexibility index (Phi) is 11.8. The van der Waals surface area contributed by atoms with Crippen LogP contribution in [0, 0.1) is 6.92 Å². The molecule has 0 N–H and O–H groups in total. The van der Waals surface area contributed by atoms with Crippen LogP contribution in [0.2, 0.25) is 5.02 Å². The summed E-state index contributed by atoms with van der Waals surface area (Å²) in [5.74, 6) is 1.40. The second-order valence-electron chi connectivity index (χ2n) is 5.99. The lowest BCUT2D eigenvalue weighted by atomic mass is 10.2. The smallest absolute Gasteiger partial charge is 0.141 e. The molecule has 0 spiro atoms. The molecule has 0 atom stereocenters. The number of oxime groups is 1. The zero-order chi connectivity index (χ0) is 19.4. The van der Waals surface area contributed by atoms with Crippen LogP contribution in [-0.4, -0.2) is 25.5 Å². The Balaban J connectivity index is 2.30. The van der Waals surface area contributed by atoms with Crippen molar-refractivity contribution in [2.45, 2.75) is 46.5 Å². The molecule has 0 radical (unpaired) electrons. The Morgan fingerprint density at radius 3 is 2.42 bits per heavy atom. The summed E-state index contributed by atoms with van der Waals surface area (Å²) in [4.78, 5) is 5.17. The van der Waals surface area contributed by atoms with Crippen molar-refractivity contribution in [2.24, 2.45) is 5.16 Å².